The fraction of sp³-hybridized carbons (Fsp3) is 0.812. The van der Waals surface area contributed by atoms with Gasteiger partial charge in [0.1, 0.15) is 5.78 Å². The molecule has 100 valence electrons. The molecule has 0 fully saturated rings. The lowest BCUT2D eigenvalue weighted by molar-refractivity contribution is -0.118. The van der Waals surface area contributed by atoms with E-state index >= 15 is 0 Å². The number of unbranched alkanes of at least 4 members (excludes halogenated alkanes) is 7. The SMILES string of the molecule is CCCCC=CCCCCCCCC(=O)CC. The molecule has 0 radical (unpaired) electrons. The van der Waals surface area contributed by atoms with Gasteiger partial charge < -0.3 is 0 Å². The quantitative estimate of drug-likeness (QED) is 0.327. The number of carbonyl (C=O) groups excluding carboxylic acids is 1. The lowest BCUT2D eigenvalue weighted by Crippen LogP contribution is -1.93. The van der Waals surface area contributed by atoms with Crippen molar-refractivity contribution in [2.75, 3.05) is 0 Å². The Bertz CT molecular complexity index is 194. The summed E-state index contributed by atoms with van der Waals surface area (Å²) in [5.74, 6) is 0.420. The van der Waals surface area contributed by atoms with Gasteiger partial charge in [-0.15, -0.1) is 0 Å². The zero-order chi connectivity index (χ0) is 12.8. The summed E-state index contributed by atoms with van der Waals surface area (Å²) in [5.41, 5.74) is 0. The van der Waals surface area contributed by atoms with Gasteiger partial charge in [-0.05, 0) is 25.7 Å². The summed E-state index contributed by atoms with van der Waals surface area (Å²) in [5, 5.41) is 0. The average molecular weight is 238 g/mol. The van der Waals surface area contributed by atoms with Crippen molar-refractivity contribution in [3.63, 3.8) is 0 Å². The lowest BCUT2D eigenvalue weighted by atomic mass is 10.1. The van der Waals surface area contributed by atoms with Gasteiger partial charge in [0.25, 0.3) is 0 Å². The van der Waals surface area contributed by atoms with E-state index in [1.165, 1.54) is 51.4 Å². The van der Waals surface area contributed by atoms with Crippen LogP contribution in [-0.2, 0) is 4.79 Å². The third-order valence-corrected chi connectivity index (χ3v) is 3.11. The normalized spacial score (nSPS) is 11.2. The fourth-order valence-electron chi connectivity index (χ4n) is 1.85. The summed E-state index contributed by atoms with van der Waals surface area (Å²) < 4.78 is 0. The molecule has 0 aliphatic rings. The van der Waals surface area contributed by atoms with E-state index in [4.69, 9.17) is 0 Å². The number of hydrogen-bond acceptors (Lipinski definition) is 1. The molecule has 1 heteroatoms. The minimum absolute atomic E-state index is 0.420. The van der Waals surface area contributed by atoms with Gasteiger partial charge in [0.05, 0.1) is 0 Å². The van der Waals surface area contributed by atoms with Crippen LogP contribution in [0, 0.1) is 0 Å². The molecule has 0 heterocycles. The molecule has 0 bridgehead atoms. The zero-order valence-corrected chi connectivity index (χ0v) is 11.8. The first-order valence-electron chi connectivity index (χ1n) is 7.48. The third-order valence-electron chi connectivity index (χ3n) is 3.11. The Kier molecular flexibility index (Phi) is 13.0. The minimum Gasteiger partial charge on any atom is -0.300 e. The number of carbonyl (C=O) groups is 1. The van der Waals surface area contributed by atoms with E-state index in [2.05, 4.69) is 19.1 Å². The molecule has 0 unspecified atom stereocenters. The number of allylic oxidation sites excluding steroid dienone is 2. The van der Waals surface area contributed by atoms with Crippen molar-refractivity contribution < 1.29 is 4.79 Å². The van der Waals surface area contributed by atoms with E-state index in [9.17, 15) is 4.79 Å². The van der Waals surface area contributed by atoms with E-state index in [0.717, 1.165) is 12.8 Å². The van der Waals surface area contributed by atoms with Crippen LogP contribution in [-0.4, -0.2) is 5.78 Å². The summed E-state index contributed by atoms with van der Waals surface area (Å²) >= 11 is 0. The van der Waals surface area contributed by atoms with Crippen molar-refractivity contribution >= 4 is 5.78 Å². The van der Waals surface area contributed by atoms with E-state index in [0.29, 0.717) is 12.2 Å². The lowest BCUT2D eigenvalue weighted by Gasteiger charge is -1.99. The topological polar surface area (TPSA) is 17.1 Å². The van der Waals surface area contributed by atoms with Crippen molar-refractivity contribution in [2.24, 2.45) is 0 Å². The Hall–Kier alpha value is -0.590. The van der Waals surface area contributed by atoms with Crippen molar-refractivity contribution in [1.29, 1.82) is 0 Å². The van der Waals surface area contributed by atoms with Gasteiger partial charge in [0.15, 0.2) is 0 Å². The summed E-state index contributed by atoms with van der Waals surface area (Å²) in [4.78, 5) is 11.1. The molecular formula is C16H30O. The largest absolute Gasteiger partial charge is 0.300 e. The highest BCUT2D eigenvalue weighted by Crippen LogP contribution is 2.08. The molecule has 0 spiro atoms. The highest BCUT2D eigenvalue weighted by molar-refractivity contribution is 5.77. The number of rotatable bonds is 12. The Balaban J connectivity index is 3.08. The van der Waals surface area contributed by atoms with Crippen LogP contribution in [0.25, 0.3) is 0 Å². The third kappa shape index (κ3) is 13.3. The zero-order valence-electron chi connectivity index (χ0n) is 11.8. The highest BCUT2D eigenvalue weighted by atomic mass is 16.1. The maximum Gasteiger partial charge on any atom is 0.132 e. The average Bonchev–Trinajstić information content (AvgIpc) is 2.35. The van der Waals surface area contributed by atoms with Gasteiger partial charge >= 0.3 is 0 Å². The monoisotopic (exact) mass is 238 g/mol. The highest BCUT2D eigenvalue weighted by Gasteiger charge is 1.97. The Morgan fingerprint density at radius 2 is 1.41 bits per heavy atom. The first-order chi connectivity index (χ1) is 8.31. The van der Waals surface area contributed by atoms with Crippen LogP contribution in [0.3, 0.4) is 0 Å². The van der Waals surface area contributed by atoms with E-state index in [-0.39, 0.29) is 0 Å². The van der Waals surface area contributed by atoms with Gasteiger partial charge in [0.2, 0.25) is 0 Å². The second kappa shape index (κ2) is 13.5. The smallest absolute Gasteiger partial charge is 0.132 e. The predicted octanol–water partition coefficient (Wildman–Crippen LogP) is 5.44. The molecule has 0 atom stereocenters. The minimum atomic E-state index is 0.420. The number of Topliss-reactive ketones (excluding diaryl/α,β-unsaturated/α-hetero) is 1. The standard InChI is InChI=1S/C16H30O/c1-3-5-6-7-8-9-10-11-12-13-14-15-16(17)4-2/h7-8H,3-6,9-15H2,1-2H3. The number of hydrogen-bond donors (Lipinski definition) is 0. The Morgan fingerprint density at radius 3 is 2.06 bits per heavy atom. The maximum atomic E-state index is 11.1. The van der Waals surface area contributed by atoms with Crippen LogP contribution in [0.1, 0.15) is 84.5 Å². The van der Waals surface area contributed by atoms with Gasteiger partial charge in [0, 0.05) is 12.8 Å². The summed E-state index contributed by atoms with van der Waals surface area (Å²) in [6.45, 7) is 4.18. The molecule has 0 aliphatic carbocycles. The summed E-state index contributed by atoms with van der Waals surface area (Å²) in [6, 6.07) is 0. The molecule has 0 N–H and O–H groups in total. The van der Waals surface area contributed by atoms with Crippen LogP contribution in [0.2, 0.25) is 0 Å². The molecule has 0 rings (SSSR count). The molecule has 1 nitrogen and oxygen atoms in total. The second-order valence-corrected chi connectivity index (χ2v) is 4.81. The van der Waals surface area contributed by atoms with Crippen LogP contribution >= 0.6 is 0 Å². The first-order valence-corrected chi connectivity index (χ1v) is 7.48. The molecule has 0 aliphatic heterocycles. The summed E-state index contributed by atoms with van der Waals surface area (Å²) in [6.07, 6.45) is 17.5. The first kappa shape index (κ1) is 16.4. The molecule has 17 heavy (non-hydrogen) atoms. The van der Waals surface area contributed by atoms with Crippen molar-refractivity contribution in [2.45, 2.75) is 84.5 Å². The van der Waals surface area contributed by atoms with E-state index in [1.54, 1.807) is 0 Å². The van der Waals surface area contributed by atoms with Crippen LogP contribution in [0.4, 0.5) is 0 Å². The van der Waals surface area contributed by atoms with Crippen molar-refractivity contribution in [1.82, 2.24) is 0 Å². The van der Waals surface area contributed by atoms with Crippen LogP contribution in [0.5, 0.6) is 0 Å². The second-order valence-electron chi connectivity index (χ2n) is 4.81. The molecule has 0 aromatic heterocycles. The molecular weight excluding hydrogens is 208 g/mol. The van der Waals surface area contributed by atoms with E-state index < -0.39 is 0 Å². The van der Waals surface area contributed by atoms with Gasteiger partial charge in [-0.1, -0.05) is 58.1 Å². The van der Waals surface area contributed by atoms with Gasteiger partial charge in [-0.3, -0.25) is 4.79 Å². The molecule has 0 saturated heterocycles. The van der Waals surface area contributed by atoms with Gasteiger partial charge in [-0.25, -0.2) is 0 Å². The maximum absolute atomic E-state index is 11.1. The Labute approximate surface area is 108 Å². The van der Waals surface area contributed by atoms with Crippen LogP contribution < -0.4 is 0 Å². The van der Waals surface area contributed by atoms with Crippen molar-refractivity contribution in [3.05, 3.63) is 12.2 Å². The molecule has 0 saturated carbocycles. The van der Waals surface area contributed by atoms with Crippen LogP contribution in [0.15, 0.2) is 12.2 Å². The molecule has 0 amide bonds. The molecule has 0 aromatic rings. The van der Waals surface area contributed by atoms with E-state index in [1.807, 2.05) is 6.92 Å². The van der Waals surface area contributed by atoms with Gasteiger partial charge in [-0.2, -0.15) is 0 Å². The number of ketones is 1. The predicted molar refractivity (Wildman–Crippen MR) is 76.3 cm³/mol. The molecule has 0 aromatic carbocycles. The fourth-order valence-corrected chi connectivity index (χ4v) is 1.85. The Morgan fingerprint density at radius 1 is 0.824 bits per heavy atom. The summed E-state index contributed by atoms with van der Waals surface area (Å²) in [7, 11) is 0. The van der Waals surface area contributed by atoms with Crippen molar-refractivity contribution in [3.8, 4) is 0 Å².